The van der Waals surface area contributed by atoms with Crippen LogP contribution in [0, 0.1) is 0 Å². The smallest absolute Gasteiger partial charge is 0.162 e. The van der Waals surface area contributed by atoms with Crippen LogP contribution in [0.3, 0.4) is 0 Å². The average molecular weight is 136 g/mol. The second-order valence-electron chi connectivity index (χ2n) is 2.42. The highest BCUT2D eigenvalue weighted by atomic mass is 16.1. The van der Waals surface area contributed by atoms with E-state index in [4.69, 9.17) is 0 Å². The van der Waals surface area contributed by atoms with Gasteiger partial charge in [0.15, 0.2) is 5.78 Å². The van der Waals surface area contributed by atoms with Crippen LogP contribution < -0.4 is 0 Å². The van der Waals surface area contributed by atoms with Crippen molar-refractivity contribution in [2.24, 2.45) is 0 Å². The van der Waals surface area contributed by atoms with Gasteiger partial charge >= 0.3 is 0 Å². The maximum Gasteiger partial charge on any atom is 0.162 e. The lowest BCUT2D eigenvalue weighted by molar-refractivity contribution is -0.115. The highest BCUT2D eigenvalue weighted by Gasteiger charge is 2.04. The molecular formula is C9H12O. The van der Waals surface area contributed by atoms with Crippen molar-refractivity contribution in [2.45, 2.75) is 26.2 Å². The molecule has 1 nitrogen and oxygen atoms in total. The van der Waals surface area contributed by atoms with Crippen LogP contribution in [-0.4, -0.2) is 5.78 Å². The Kier molecular flexibility index (Phi) is 2.43. The van der Waals surface area contributed by atoms with Crippen molar-refractivity contribution < 1.29 is 4.79 Å². The lowest BCUT2D eigenvalue weighted by Gasteiger charge is -2.02. The third-order valence-corrected chi connectivity index (χ3v) is 1.64. The van der Waals surface area contributed by atoms with Crippen LogP contribution in [0.15, 0.2) is 23.8 Å². The number of allylic oxidation sites excluding steroid dienone is 4. The van der Waals surface area contributed by atoms with E-state index in [2.05, 4.69) is 6.08 Å². The van der Waals surface area contributed by atoms with Gasteiger partial charge in [0, 0.05) is 12.0 Å². The van der Waals surface area contributed by atoms with Gasteiger partial charge in [0.05, 0.1) is 0 Å². The molecule has 0 saturated heterocycles. The predicted molar refractivity (Wildman–Crippen MR) is 41.8 cm³/mol. The zero-order valence-corrected chi connectivity index (χ0v) is 6.26. The standard InChI is InChI=1S/C9H12O/c1-2-9(10)8-6-4-3-5-7-8/h4,6-7H,2-3,5H2,1H3. The Labute approximate surface area is 61.4 Å². The van der Waals surface area contributed by atoms with Crippen LogP contribution in [0.5, 0.6) is 0 Å². The van der Waals surface area contributed by atoms with Gasteiger partial charge in [-0.3, -0.25) is 4.79 Å². The Bertz CT molecular complexity index is 187. The first-order valence-electron chi connectivity index (χ1n) is 3.74. The van der Waals surface area contributed by atoms with Crippen LogP contribution in [0.4, 0.5) is 0 Å². The van der Waals surface area contributed by atoms with E-state index in [0.717, 1.165) is 18.4 Å². The average Bonchev–Trinajstić information content (AvgIpc) is 2.05. The van der Waals surface area contributed by atoms with Crippen LogP contribution in [-0.2, 0) is 4.79 Å². The highest BCUT2D eigenvalue weighted by molar-refractivity contribution is 5.97. The van der Waals surface area contributed by atoms with E-state index in [1.807, 2.05) is 19.1 Å². The second kappa shape index (κ2) is 3.35. The number of carbonyl (C=O) groups is 1. The van der Waals surface area contributed by atoms with Crippen molar-refractivity contribution in [3.05, 3.63) is 23.8 Å². The molecule has 0 aromatic carbocycles. The molecule has 10 heavy (non-hydrogen) atoms. The molecule has 0 aromatic rings. The first-order chi connectivity index (χ1) is 4.84. The molecule has 1 rings (SSSR count). The fourth-order valence-corrected chi connectivity index (χ4v) is 1.02. The van der Waals surface area contributed by atoms with Crippen molar-refractivity contribution in [3.63, 3.8) is 0 Å². The molecular weight excluding hydrogens is 124 g/mol. The third kappa shape index (κ3) is 1.56. The molecule has 0 saturated carbocycles. The Morgan fingerprint density at radius 2 is 2.40 bits per heavy atom. The number of hydrogen-bond donors (Lipinski definition) is 0. The number of rotatable bonds is 2. The molecule has 0 N–H and O–H groups in total. The monoisotopic (exact) mass is 136 g/mol. The third-order valence-electron chi connectivity index (χ3n) is 1.64. The van der Waals surface area contributed by atoms with Gasteiger partial charge in [-0.1, -0.05) is 25.2 Å². The summed E-state index contributed by atoms with van der Waals surface area (Å²) < 4.78 is 0. The van der Waals surface area contributed by atoms with E-state index < -0.39 is 0 Å². The van der Waals surface area contributed by atoms with E-state index >= 15 is 0 Å². The summed E-state index contributed by atoms with van der Waals surface area (Å²) in [7, 11) is 0. The second-order valence-corrected chi connectivity index (χ2v) is 2.42. The van der Waals surface area contributed by atoms with E-state index in [1.54, 1.807) is 0 Å². The normalized spacial score (nSPS) is 16.7. The van der Waals surface area contributed by atoms with E-state index in [-0.39, 0.29) is 5.78 Å². The molecule has 1 aliphatic rings. The summed E-state index contributed by atoms with van der Waals surface area (Å²) in [5.41, 5.74) is 0.897. The number of carbonyl (C=O) groups excluding carboxylic acids is 1. The summed E-state index contributed by atoms with van der Waals surface area (Å²) in [6, 6.07) is 0. The maximum absolute atomic E-state index is 11.0. The molecule has 0 atom stereocenters. The van der Waals surface area contributed by atoms with Gasteiger partial charge in [0.25, 0.3) is 0 Å². The summed E-state index contributed by atoms with van der Waals surface area (Å²) >= 11 is 0. The van der Waals surface area contributed by atoms with Crippen molar-refractivity contribution in [1.82, 2.24) is 0 Å². The zero-order chi connectivity index (χ0) is 7.40. The van der Waals surface area contributed by atoms with Gasteiger partial charge in [-0.2, -0.15) is 0 Å². The van der Waals surface area contributed by atoms with Crippen molar-refractivity contribution in [1.29, 1.82) is 0 Å². The molecule has 0 aromatic heterocycles. The Balaban J connectivity index is 2.63. The highest BCUT2D eigenvalue weighted by Crippen LogP contribution is 2.11. The molecule has 1 heteroatoms. The summed E-state index contributed by atoms with van der Waals surface area (Å²) in [4.78, 5) is 11.0. The van der Waals surface area contributed by atoms with Gasteiger partial charge < -0.3 is 0 Å². The lowest BCUT2D eigenvalue weighted by atomic mass is 10.0. The summed E-state index contributed by atoms with van der Waals surface area (Å²) in [5, 5.41) is 0. The first-order valence-corrected chi connectivity index (χ1v) is 3.74. The van der Waals surface area contributed by atoms with Gasteiger partial charge in [-0.25, -0.2) is 0 Å². The number of hydrogen-bond acceptors (Lipinski definition) is 1. The van der Waals surface area contributed by atoms with E-state index in [0.29, 0.717) is 6.42 Å². The summed E-state index contributed by atoms with van der Waals surface area (Å²) in [6.45, 7) is 1.89. The van der Waals surface area contributed by atoms with Crippen molar-refractivity contribution in [2.75, 3.05) is 0 Å². The van der Waals surface area contributed by atoms with Crippen LogP contribution in [0.25, 0.3) is 0 Å². The summed E-state index contributed by atoms with van der Waals surface area (Å²) in [6.07, 6.45) is 8.73. The maximum atomic E-state index is 11.0. The quantitative estimate of drug-likeness (QED) is 0.569. The topological polar surface area (TPSA) is 17.1 Å². The van der Waals surface area contributed by atoms with Crippen molar-refractivity contribution >= 4 is 5.78 Å². The molecule has 0 amide bonds. The molecule has 0 fully saturated rings. The van der Waals surface area contributed by atoms with E-state index in [9.17, 15) is 4.79 Å². The molecule has 0 unspecified atom stereocenters. The molecule has 1 aliphatic carbocycles. The van der Waals surface area contributed by atoms with Gasteiger partial charge in [-0.05, 0) is 12.8 Å². The predicted octanol–water partition coefficient (Wildman–Crippen LogP) is 2.24. The first kappa shape index (κ1) is 7.26. The number of Topliss-reactive ketones (excluding diaryl/α,β-unsaturated/α-hetero) is 1. The minimum absolute atomic E-state index is 0.260. The molecule has 0 spiro atoms. The van der Waals surface area contributed by atoms with Crippen LogP contribution in [0.2, 0.25) is 0 Å². The van der Waals surface area contributed by atoms with Gasteiger partial charge in [0.1, 0.15) is 0 Å². The fraction of sp³-hybridized carbons (Fsp3) is 0.444. The SMILES string of the molecule is CCC(=O)C1=CCCC=C1. The number of ketones is 1. The lowest BCUT2D eigenvalue weighted by Crippen LogP contribution is -1.99. The van der Waals surface area contributed by atoms with E-state index in [1.165, 1.54) is 0 Å². The molecule has 0 bridgehead atoms. The molecule has 0 heterocycles. The summed E-state index contributed by atoms with van der Waals surface area (Å²) in [5.74, 6) is 0.260. The van der Waals surface area contributed by atoms with Gasteiger partial charge in [-0.15, -0.1) is 0 Å². The van der Waals surface area contributed by atoms with Crippen LogP contribution >= 0.6 is 0 Å². The minimum atomic E-state index is 0.260. The minimum Gasteiger partial charge on any atom is -0.294 e. The van der Waals surface area contributed by atoms with Crippen molar-refractivity contribution in [3.8, 4) is 0 Å². The zero-order valence-electron chi connectivity index (χ0n) is 6.26. The Morgan fingerprint density at radius 1 is 1.60 bits per heavy atom. The van der Waals surface area contributed by atoms with Gasteiger partial charge in [0.2, 0.25) is 0 Å². The largest absolute Gasteiger partial charge is 0.294 e. The molecule has 0 radical (unpaired) electrons. The Hall–Kier alpha value is -0.850. The van der Waals surface area contributed by atoms with Crippen LogP contribution in [0.1, 0.15) is 26.2 Å². The Morgan fingerprint density at radius 3 is 2.90 bits per heavy atom. The fourth-order valence-electron chi connectivity index (χ4n) is 1.02. The molecule has 0 aliphatic heterocycles. The molecule has 54 valence electrons.